The van der Waals surface area contributed by atoms with E-state index in [0.717, 1.165) is 31.0 Å². The quantitative estimate of drug-likeness (QED) is 0.818. The number of hydrogen-bond acceptors (Lipinski definition) is 6. The van der Waals surface area contributed by atoms with Crippen LogP contribution in [-0.2, 0) is 9.53 Å². The number of carbonyl (C=O) groups is 1. The van der Waals surface area contributed by atoms with Crippen molar-refractivity contribution in [3.8, 4) is 0 Å². The van der Waals surface area contributed by atoms with E-state index in [1.54, 1.807) is 0 Å². The molecular weight excluding hydrogens is 252 g/mol. The standard InChI is InChI=1S/C12H16N2O3S/c15-9-3-1-8(2-4-9)12-13-11(14-17-12)10-7-18-6-5-16-10/h8,10H,1-7H2. The van der Waals surface area contributed by atoms with Crippen LogP contribution in [0, 0.1) is 0 Å². The second kappa shape index (κ2) is 5.40. The van der Waals surface area contributed by atoms with Crippen molar-refractivity contribution in [2.45, 2.75) is 37.7 Å². The summed E-state index contributed by atoms with van der Waals surface area (Å²) in [4.78, 5) is 15.7. The molecule has 18 heavy (non-hydrogen) atoms. The third kappa shape index (κ3) is 2.59. The summed E-state index contributed by atoms with van der Waals surface area (Å²) in [6.07, 6.45) is 2.91. The number of rotatable bonds is 2. The van der Waals surface area contributed by atoms with Gasteiger partial charge >= 0.3 is 0 Å². The Bertz CT molecular complexity index is 419. The molecule has 98 valence electrons. The van der Waals surface area contributed by atoms with Crippen molar-refractivity contribution in [2.75, 3.05) is 18.1 Å². The lowest BCUT2D eigenvalue weighted by atomic mass is 9.88. The highest BCUT2D eigenvalue weighted by molar-refractivity contribution is 7.99. The molecule has 1 unspecified atom stereocenters. The van der Waals surface area contributed by atoms with Crippen LogP contribution in [0.2, 0.25) is 0 Å². The monoisotopic (exact) mass is 268 g/mol. The van der Waals surface area contributed by atoms with Crippen molar-refractivity contribution >= 4 is 17.5 Å². The predicted molar refractivity (Wildman–Crippen MR) is 66.5 cm³/mol. The molecule has 1 aromatic heterocycles. The summed E-state index contributed by atoms with van der Waals surface area (Å²) in [5.41, 5.74) is 0. The molecule has 1 aliphatic heterocycles. The largest absolute Gasteiger partial charge is 0.368 e. The van der Waals surface area contributed by atoms with Crippen molar-refractivity contribution < 1.29 is 14.1 Å². The van der Waals surface area contributed by atoms with Crippen LogP contribution in [0.25, 0.3) is 0 Å². The molecule has 5 nitrogen and oxygen atoms in total. The molecular formula is C12H16N2O3S. The maximum atomic E-state index is 11.2. The minimum atomic E-state index is -0.0357. The van der Waals surface area contributed by atoms with E-state index in [2.05, 4.69) is 10.1 Å². The van der Waals surface area contributed by atoms with Crippen LogP contribution in [0.15, 0.2) is 4.52 Å². The fourth-order valence-corrected chi connectivity index (χ4v) is 3.21. The zero-order valence-electron chi connectivity index (χ0n) is 10.1. The molecule has 6 heteroatoms. The Hall–Kier alpha value is -0.880. The average molecular weight is 268 g/mol. The molecule has 0 radical (unpaired) electrons. The number of ketones is 1. The summed E-state index contributed by atoms with van der Waals surface area (Å²) in [6, 6.07) is 0. The Labute approximate surface area is 110 Å². The lowest BCUT2D eigenvalue weighted by Crippen LogP contribution is -2.17. The summed E-state index contributed by atoms with van der Waals surface area (Å²) in [5.74, 6) is 3.86. The third-order valence-electron chi connectivity index (χ3n) is 3.45. The zero-order chi connectivity index (χ0) is 12.4. The third-order valence-corrected chi connectivity index (χ3v) is 4.45. The first-order chi connectivity index (χ1) is 8.83. The molecule has 1 saturated heterocycles. The van der Waals surface area contributed by atoms with Crippen molar-refractivity contribution in [1.82, 2.24) is 10.1 Å². The van der Waals surface area contributed by atoms with Gasteiger partial charge in [-0.25, -0.2) is 0 Å². The van der Waals surface area contributed by atoms with Gasteiger partial charge in [0.25, 0.3) is 0 Å². The van der Waals surface area contributed by atoms with E-state index in [9.17, 15) is 4.79 Å². The maximum absolute atomic E-state index is 11.2. The first-order valence-electron chi connectivity index (χ1n) is 6.37. The van der Waals surface area contributed by atoms with Gasteiger partial charge in [-0.15, -0.1) is 0 Å². The number of nitrogens with zero attached hydrogens (tertiary/aromatic N) is 2. The number of ether oxygens (including phenoxy) is 1. The second-order valence-corrected chi connectivity index (χ2v) is 5.89. The van der Waals surface area contributed by atoms with Gasteiger partial charge in [0.2, 0.25) is 11.7 Å². The highest BCUT2D eigenvalue weighted by atomic mass is 32.2. The van der Waals surface area contributed by atoms with Crippen LogP contribution < -0.4 is 0 Å². The molecule has 0 aromatic carbocycles. The van der Waals surface area contributed by atoms with E-state index in [1.807, 2.05) is 11.8 Å². The molecule has 1 aromatic rings. The van der Waals surface area contributed by atoms with E-state index in [0.29, 0.717) is 30.3 Å². The number of carbonyl (C=O) groups excluding carboxylic acids is 1. The van der Waals surface area contributed by atoms with Gasteiger partial charge in [-0.1, -0.05) is 5.16 Å². The molecule has 3 rings (SSSR count). The van der Waals surface area contributed by atoms with Crippen LogP contribution in [0.1, 0.15) is 49.4 Å². The molecule has 0 spiro atoms. The molecule has 2 heterocycles. The van der Waals surface area contributed by atoms with Gasteiger partial charge in [0.1, 0.15) is 11.9 Å². The molecule has 1 atom stereocenters. The number of Topliss-reactive ketones (excluding diaryl/α,β-unsaturated/α-hetero) is 1. The topological polar surface area (TPSA) is 65.2 Å². The van der Waals surface area contributed by atoms with E-state index >= 15 is 0 Å². The summed E-state index contributed by atoms with van der Waals surface area (Å²) in [5, 5.41) is 4.02. The summed E-state index contributed by atoms with van der Waals surface area (Å²) in [7, 11) is 0. The van der Waals surface area contributed by atoms with Gasteiger partial charge in [0.05, 0.1) is 6.61 Å². The van der Waals surface area contributed by atoms with E-state index in [-0.39, 0.29) is 12.0 Å². The average Bonchev–Trinajstić information content (AvgIpc) is 2.90. The van der Waals surface area contributed by atoms with Crippen LogP contribution in [-0.4, -0.2) is 34.0 Å². The van der Waals surface area contributed by atoms with Gasteiger partial charge in [0.15, 0.2) is 0 Å². The maximum Gasteiger partial charge on any atom is 0.229 e. The number of thioether (sulfide) groups is 1. The van der Waals surface area contributed by atoms with Crippen molar-refractivity contribution in [1.29, 1.82) is 0 Å². The number of hydrogen-bond donors (Lipinski definition) is 0. The highest BCUT2D eigenvalue weighted by Gasteiger charge is 2.27. The second-order valence-electron chi connectivity index (χ2n) is 4.74. The fraction of sp³-hybridized carbons (Fsp3) is 0.750. The molecule has 0 bridgehead atoms. The molecule has 0 amide bonds. The van der Waals surface area contributed by atoms with Gasteiger partial charge < -0.3 is 9.26 Å². The highest BCUT2D eigenvalue weighted by Crippen LogP contribution is 2.31. The van der Waals surface area contributed by atoms with Gasteiger partial charge in [0, 0.05) is 30.3 Å². The lowest BCUT2D eigenvalue weighted by Gasteiger charge is -2.19. The van der Waals surface area contributed by atoms with Crippen molar-refractivity contribution in [3.05, 3.63) is 11.7 Å². The van der Waals surface area contributed by atoms with Gasteiger partial charge in [-0.3, -0.25) is 4.79 Å². The Morgan fingerprint density at radius 3 is 2.83 bits per heavy atom. The molecule has 2 aliphatic rings. The van der Waals surface area contributed by atoms with Crippen molar-refractivity contribution in [2.24, 2.45) is 0 Å². The van der Waals surface area contributed by atoms with Crippen molar-refractivity contribution in [3.63, 3.8) is 0 Å². The summed E-state index contributed by atoms with van der Waals surface area (Å²) >= 11 is 1.85. The minimum Gasteiger partial charge on any atom is -0.368 e. The first kappa shape index (κ1) is 12.2. The first-order valence-corrected chi connectivity index (χ1v) is 7.53. The van der Waals surface area contributed by atoms with Crippen LogP contribution in [0.3, 0.4) is 0 Å². The molecule has 1 aliphatic carbocycles. The summed E-state index contributed by atoms with van der Waals surface area (Å²) < 4.78 is 11.0. The van der Waals surface area contributed by atoms with E-state index in [4.69, 9.17) is 9.26 Å². The summed E-state index contributed by atoms with van der Waals surface area (Å²) in [6.45, 7) is 0.747. The SMILES string of the molecule is O=C1CCC(c2nc(C3CSCCO3)no2)CC1. The Balaban J connectivity index is 1.67. The molecule has 2 fully saturated rings. The van der Waals surface area contributed by atoms with Crippen LogP contribution in [0.5, 0.6) is 0 Å². The van der Waals surface area contributed by atoms with E-state index in [1.165, 1.54) is 0 Å². The van der Waals surface area contributed by atoms with Crippen LogP contribution >= 0.6 is 11.8 Å². The normalized spacial score (nSPS) is 26.4. The smallest absolute Gasteiger partial charge is 0.229 e. The molecule has 0 N–H and O–H groups in total. The number of aromatic nitrogens is 2. The van der Waals surface area contributed by atoms with Gasteiger partial charge in [-0.05, 0) is 12.8 Å². The van der Waals surface area contributed by atoms with Gasteiger partial charge in [-0.2, -0.15) is 16.7 Å². The predicted octanol–water partition coefficient (Wildman–Crippen LogP) is 2.10. The lowest BCUT2D eigenvalue weighted by molar-refractivity contribution is -0.120. The van der Waals surface area contributed by atoms with Crippen LogP contribution in [0.4, 0.5) is 0 Å². The minimum absolute atomic E-state index is 0.0357. The Morgan fingerprint density at radius 1 is 1.28 bits per heavy atom. The Morgan fingerprint density at radius 2 is 2.11 bits per heavy atom. The molecule has 1 saturated carbocycles. The Kier molecular flexibility index (Phi) is 3.65. The fourth-order valence-electron chi connectivity index (χ4n) is 2.37. The van der Waals surface area contributed by atoms with E-state index < -0.39 is 0 Å². The zero-order valence-corrected chi connectivity index (χ0v) is 10.9.